The molecule has 1 atom stereocenters. The number of hydrogen-bond donors (Lipinski definition) is 1. The third-order valence-corrected chi connectivity index (χ3v) is 2.83. The summed E-state index contributed by atoms with van der Waals surface area (Å²) in [5, 5.41) is 11.1. The van der Waals surface area contributed by atoms with Crippen molar-refractivity contribution in [2.24, 2.45) is 7.05 Å². The van der Waals surface area contributed by atoms with Crippen LogP contribution in [0.15, 0.2) is 24.8 Å². The van der Waals surface area contributed by atoms with E-state index in [0.29, 0.717) is 0 Å². The van der Waals surface area contributed by atoms with Crippen LogP contribution in [0.1, 0.15) is 24.4 Å². The third-order valence-electron chi connectivity index (χ3n) is 2.83. The van der Waals surface area contributed by atoms with Gasteiger partial charge in [0.15, 0.2) is 0 Å². The second-order valence-electron chi connectivity index (χ2n) is 4.22. The number of aromatic nitrogens is 4. The maximum Gasteiger partial charge on any atom is 0.141 e. The fraction of sp³-hybridized carbons (Fsp3) is 0.417. The Morgan fingerprint density at radius 1 is 1.44 bits per heavy atom. The first-order valence-electron chi connectivity index (χ1n) is 5.83. The quantitative estimate of drug-likeness (QED) is 0.866. The largest absolute Gasteiger partial charge is 0.321 e. The topological polar surface area (TPSA) is 55.6 Å². The lowest BCUT2D eigenvalue weighted by atomic mass is 10.1. The Morgan fingerprint density at radius 3 is 2.94 bits per heavy atom. The molecule has 0 aromatic carbocycles. The van der Waals surface area contributed by atoms with E-state index in [1.54, 1.807) is 12.5 Å². The van der Waals surface area contributed by atoms with E-state index in [1.165, 1.54) is 12.3 Å². The van der Waals surface area contributed by atoms with Gasteiger partial charge in [-0.1, -0.05) is 0 Å². The molecule has 1 unspecified atom stereocenters. The van der Waals surface area contributed by atoms with Gasteiger partial charge in [-0.15, -0.1) is 10.2 Å². The van der Waals surface area contributed by atoms with Crippen molar-refractivity contribution < 1.29 is 4.39 Å². The molecule has 0 radical (unpaired) electrons. The Kier molecular flexibility index (Phi) is 3.99. The van der Waals surface area contributed by atoms with Crippen molar-refractivity contribution in [1.82, 2.24) is 25.1 Å². The molecule has 0 spiro atoms. The second-order valence-corrected chi connectivity index (χ2v) is 4.22. The molecular weight excluding hydrogens is 233 g/mol. The van der Waals surface area contributed by atoms with Crippen LogP contribution in [0, 0.1) is 5.82 Å². The molecule has 6 heteroatoms. The molecule has 0 bridgehead atoms. The van der Waals surface area contributed by atoms with Crippen molar-refractivity contribution in [3.8, 4) is 0 Å². The lowest BCUT2D eigenvalue weighted by molar-refractivity contribution is 0.554. The van der Waals surface area contributed by atoms with Crippen molar-refractivity contribution in [3.63, 3.8) is 0 Å². The Hall–Kier alpha value is -1.82. The highest BCUT2D eigenvalue weighted by Crippen LogP contribution is 2.11. The predicted octanol–water partition coefficient (Wildman–Crippen LogP) is 1.24. The van der Waals surface area contributed by atoms with Crippen molar-refractivity contribution in [1.29, 1.82) is 0 Å². The summed E-state index contributed by atoms with van der Waals surface area (Å²) in [6.07, 6.45) is 5.33. The van der Waals surface area contributed by atoms with E-state index >= 15 is 0 Å². The highest BCUT2D eigenvalue weighted by molar-refractivity contribution is 5.14. The minimum atomic E-state index is -0.311. The standard InChI is InChI=1S/C12H16FN5/c1-9(10-5-11(13)7-14-6-10)15-4-3-12-17-16-8-18(12)2/h5-9,15H,3-4H2,1-2H3. The molecule has 1 N–H and O–H groups in total. The van der Waals surface area contributed by atoms with E-state index in [0.717, 1.165) is 24.4 Å². The summed E-state index contributed by atoms with van der Waals surface area (Å²) in [5.41, 5.74) is 0.841. The number of halogens is 1. The second kappa shape index (κ2) is 5.68. The molecule has 5 nitrogen and oxygen atoms in total. The van der Waals surface area contributed by atoms with Crippen LogP contribution >= 0.6 is 0 Å². The van der Waals surface area contributed by atoms with Crippen LogP contribution < -0.4 is 5.32 Å². The summed E-state index contributed by atoms with van der Waals surface area (Å²) in [5.74, 6) is 0.613. The fourth-order valence-corrected chi connectivity index (χ4v) is 1.72. The first kappa shape index (κ1) is 12.6. The zero-order valence-electron chi connectivity index (χ0n) is 10.5. The van der Waals surface area contributed by atoms with Gasteiger partial charge in [-0.2, -0.15) is 0 Å². The van der Waals surface area contributed by atoms with Gasteiger partial charge in [0.05, 0.1) is 6.20 Å². The SMILES string of the molecule is CC(NCCc1nncn1C)c1cncc(F)c1. The van der Waals surface area contributed by atoms with Crippen LogP contribution in [0.25, 0.3) is 0 Å². The van der Waals surface area contributed by atoms with E-state index in [1.807, 2.05) is 18.5 Å². The van der Waals surface area contributed by atoms with Gasteiger partial charge in [0.25, 0.3) is 0 Å². The monoisotopic (exact) mass is 249 g/mol. The van der Waals surface area contributed by atoms with E-state index in [2.05, 4.69) is 20.5 Å². The number of pyridine rings is 1. The molecule has 96 valence electrons. The molecule has 2 aromatic rings. The molecule has 0 aliphatic rings. The first-order valence-corrected chi connectivity index (χ1v) is 5.83. The van der Waals surface area contributed by atoms with E-state index in [-0.39, 0.29) is 11.9 Å². The highest BCUT2D eigenvalue weighted by atomic mass is 19.1. The van der Waals surface area contributed by atoms with Gasteiger partial charge < -0.3 is 9.88 Å². The van der Waals surface area contributed by atoms with Crippen LogP contribution in [-0.2, 0) is 13.5 Å². The smallest absolute Gasteiger partial charge is 0.141 e. The molecule has 0 amide bonds. The lowest BCUT2D eigenvalue weighted by Gasteiger charge is -2.13. The number of nitrogens with zero attached hydrogens (tertiary/aromatic N) is 4. The predicted molar refractivity (Wildman–Crippen MR) is 65.3 cm³/mol. The average molecular weight is 249 g/mol. The number of nitrogens with one attached hydrogen (secondary N) is 1. The maximum atomic E-state index is 13.0. The number of hydrogen-bond acceptors (Lipinski definition) is 4. The molecule has 2 rings (SSSR count). The van der Waals surface area contributed by atoms with E-state index in [9.17, 15) is 4.39 Å². The fourth-order valence-electron chi connectivity index (χ4n) is 1.72. The van der Waals surface area contributed by atoms with Crippen molar-refractivity contribution in [2.45, 2.75) is 19.4 Å². The summed E-state index contributed by atoms with van der Waals surface area (Å²) >= 11 is 0. The molecule has 0 saturated carbocycles. The van der Waals surface area contributed by atoms with Gasteiger partial charge in [-0.25, -0.2) is 4.39 Å². The summed E-state index contributed by atoms with van der Waals surface area (Å²) in [6, 6.07) is 1.55. The van der Waals surface area contributed by atoms with Crippen LogP contribution in [-0.4, -0.2) is 26.3 Å². The van der Waals surface area contributed by atoms with Gasteiger partial charge in [0, 0.05) is 32.3 Å². The van der Waals surface area contributed by atoms with Crippen LogP contribution in [0.2, 0.25) is 0 Å². The zero-order chi connectivity index (χ0) is 13.0. The van der Waals surface area contributed by atoms with Gasteiger partial charge in [-0.3, -0.25) is 4.98 Å². The molecule has 0 aliphatic heterocycles. The number of aryl methyl sites for hydroxylation is 1. The van der Waals surface area contributed by atoms with Crippen molar-refractivity contribution in [2.75, 3.05) is 6.54 Å². The van der Waals surface area contributed by atoms with Gasteiger partial charge in [0.2, 0.25) is 0 Å². The molecule has 2 heterocycles. The Bertz CT molecular complexity index is 511. The van der Waals surface area contributed by atoms with Crippen LogP contribution in [0.4, 0.5) is 4.39 Å². The average Bonchev–Trinajstić information content (AvgIpc) is 2.75. The normalized spacial score (nSPS) is 12.6. The minimum Gasteiger partial charge on any atom is -0.321 e. The summed E-state index contributed by atoms with van der Waals surface area (Å²) < 4.78 is 14.9. The molecule has 0 fully saturated rings. The van der Waals surface area contributed by atoms with Crippen molar-refractivity contribution in [3.05, 3.63) is 42.0 Å². The van der Waals surface area contributed by atoms with Crippen molar-refractivity contribution >= 4 is 0 Å². The van der Waals surface area contributed by atoms with Crippen LogP contribution in [0.3, 0.4) is 0 Å². The molecule has 18 heavy (non-hydrogen) atoms. The maximum absolute atomic E-state index is 13.0. The summed E-state index contributed by atoms with van der Waals surface area (Å²) in [4.78, 5) is 3.84. The Balaban J connectivity index is 1.85. The summed E-state index contributed by atoms with van der Waals surface area (Å²) in [6.45, 7) is 2.73. The van der Waals surface area contributed by atoms with Gasteiger partial charge >= 0.3 is 0 Å². The van der Waals surface area contributed by atoms with E-state index < -0.39 is 0 Å². The lowest BCUT2D eigenvalue weighted by Crippen LogP contribution is -2.22. The first-order chi connectivity index (χ1) is 8.66. The molecule has 0 aliphatic carbocycles. The zero-order valence-corrected chi connectivity index (χ0v) is 10.5. The highest BCUT2D eigenvalue weighted by Gasteiger charge is 2.07. The molecule has 0 saturated heterocycles. The summed E-state index contributed by atoms with van der Waals surface area (Å²) in [7, 11) is 1.91. The molecule has 2 aromatic heterocycles. The van der Waals surface area contributed by atoms with Gasteiger partial charge in [-0.05, 0) is 18.6 Å². The van der Waals surface area contributed by atoms with Gasteiger partial charge in [0.1, 0.15) is 18.0 Å². The minimum absolute atomic E-state index is 0.0569. The molecular formula is C12H16FN5. The van der Waals surface area contributed by atoms with E-state index in [4.69, 9.17) is 0 Å². The Morgan fingerprint density at radius 2 is 2.28 bits per heavy atom. The Labute approximate surface area is 105 Å². The number of rotatable bonds is 5. The van der Waals surface area contributed by atoms with Crippen LogP contribution in [0.5, 0.6) is 0 Å². The third kappa shape index (κ3) is 3.10.